The highest BCUT2D eigenvalue weighted by Crippen LogP contribution is 2.20. The Hall–Kier alpha value is -2.46. The van der Waals surface area contributed by atoms with Crippen LogP contribution in [-0.2, 0) is 4.79 Å². The van der Waals surface area contributed by atoms with E-state index >= 15 is 0 Å². The number of likely N-dealkylation sites (tertiary alicyclic amines) is 1. The first-order valence-electron chi connectivity index (χ1n) is 8.10. The van der Waals surface area contributed by atoms with Crippen molar-refractivity contribution in [3.05, 3.63) is 29.6 Å². The van der Waals surface area contributed by atoms with Crippen molar-refractivity contribution in [2.24, 2.45) is 0 Å². The van der Waals surface area contributed by atoms with Crippen LogP contribution < -0.4 is 5.32 Å². The standard InChI is InChI=1S/C17H23N5O2/c1-21(2)9-10-22-15(5-6-16(22)23)7-8-19-17(24)13-3-4-14(11-18)20-12-13/h3-4,12,15H,5-10H2,1-2H3,(H,19,24). The van der Waals surface area contributed by atoms with Crippen LogP contribution in [0.4, 0.5) is 0 Å². The second kappa shape index (κ2) is 8.41. The first kappa shape index (κ1) is 17.9. The molecule has 1 N–H and O–H groups in total. The molecule has 0 radical (unpaired) electrons. The van der Waals surface area contributed by atoms with E-state index < -0.39 is 0 Å². The Morgan fingerprint density at radius 1 is 1.50 bits per heavy atom. The summed E-state index contributed by atoms with van der Waals surface area (Å²) in [7, 11) is 3.97. The van der Waals surface area contributed by atoms with Crippen LogP contribution in [0.1, 0.15) is 35.3 Å². The van der Waals surface area contributed by atoms with Gasteiger partial charge in [0.25, 0.3) is 5.91 Å². The smallest absolute Gasteiger partial charge is 0.252 e. The number of nitrogens with one attached hydrogen (secondary N) is 1. The Balaban J connectivity index is 1.80. The molecule has 7 heteroatoms. The van der Waals surface area contributed by atoms with Crippen LogP contribution in [0.25, 0.3) is 0 Å². The third-order valence-electron chi connectivity index (χ3n) is 4.14. The summed E-state index contributed by atoms with van der Waals surface area (Å²) in [6.07, 6.45) is 3.58. The zero-order valence-electron chi connectivity index (χ0n) is 14.2. The van der Waals surface area contributed by atoms with Crippen molar-refractivity contribution in [2.45, 2.75) is 25.3 Å². The molecule has 1 saturated heterocycles. The fourth-order valence-corrected chi connectivity index (χ4v) is 2.76. The van der Waals surface area contributed by atoms with E-state index in [1.807, 2.05) is 25.1 Å². The Bertz CT molecular complexity index is 621. The van der Waals surface area contributed by atoms with Crippen LogP contribution >= 0.6 is 0 Å². The summed E-state index contributed by atoms with van der Waals surface area (Å²) in [5.74, 6) is -0.0133. The second-order valence-electron chi connectivity index (χ2n) is 6.17. The van der Waals surface area contributed by atoms with Crippen LogP contribution in [0.5, 0.6) is 0 Å². The molecule has 24 heavy (non-hydrogen) atoms. The number of carbonyl (C=O) groups is 2. The predicted octanol–water partition coefficient (Wildman–Crippen LogP) is 0.626. The lowest BCUT2D eigenvalue weighted by Crippen LogP contribution is -2.40. The van der Waals surface area contributed by atoms with Gasteiger partial charge in [0.05, 0.1) is 5.56 Å². The molecule has 2 heterocycles. The molecule has 1 aromatic rings. The summed E-state index contributed by atoms with van der Waals surface area (Å²) >= 11 is 0. The fraction of sp³-hybridized carbons (Fsp3) is 0.529. The molecule has 0 aromatic carbocycles. The highest BCUT2D eigenvalue weighted by molar-refractivity contribution is 5.93. The molecule has 1 fully saturated rings. The van der Waals surface area contributed by atoms with Crippen molar-refractivity contribution < 1.29 is 9.59 Å². The number of pyridine rings is 1. The lowest BCUT2D eigenvalue weighted by Gasteiger charge is -2.26. The molecule has 128 valence electrons. The molecule has 2 amide bonds. The third kappa shape index (κ3) is 4.77. The highest BCUT2D eigenvalue weighted by Gasteiger charge is 2.30. The Labute approximate surface area is 142 Å². The van der Waals surface area contributed by atoms with Gasteiger partial charge in [0.2, 0.25) is 5.91 Å². The number of nitrogens with zero attached hydrogens (tertiary/aromatic N) is 4. The van der Waals surface area contributed by atoms with Gasteiger partial charge in [-0.25, -0.2) is 4.98 Å². The van der Waals surface area contributed by atoms with Crippen molar-refractivity contribution in [3.8, 4) is 6.07 Å². The lowest BCUT2D eigenvalue weighted by atomic mass is 10.1. The SMILES string of the molecule is CN(C)CCN1C(=O)CCC1CCNC(=O)c1ccc(C#N)nc1. The number of likely N-dealkylation sites (N-methyl/N-ethyl adjacent to an activating group) is 1. The normalized spacial score (nSPS) is 17.2. The van der Waals surface area contributed by atoms with Gasteiger partial charge in [-0.15, -0.1) is 0 Å². The van der Waals surface area contributed by atoms with E-state index in [0.29, 0.717) is 18.5 Å². The number of carbonyl (C=O) groups excluding carboxylic acids is 2. The molecule has 1 aromatic heterocycles. The predicted molar refractivity (Wildman–Crippen MR) is 89.2 cm³/mol. The molecule has 1 atom stereocenters. The van der Waals surface area contributed by atoms with E-state index in [-0.39, 0.29) is 23.6 Å². The number of aromatic nitrogens is 1. The summed E-state index contributed by atoms with van der Waals surface area (Å²) in [5, 5.41) is 11.6. The van der Waals surface area contributed by atoms with Crippen LogP contribution in [0.3, 0.4) is 0 Å². The molecule has 1 unspecified atom stereocenters. The van der Waals surface area contributed by atoms with Gasteiger partial charge in [-0.2, -0.15) is 5.26 Å². The molecule has 0 saturated carbocycles. The molecule has 0 spiro atoms. The molecule has 7 nitrogen and oxygen atoms in total. The number of hydrogen-bond donors (Lipinski definition) is 1. The van der Waals surface area contributed by atoms with Gasteiger partial charge in [-0.1, -0.05) is 0 Å². The van der Waals surface area contributed by atoms with Crippen molar-refractivity contribution in [2.75, 3.05) is 33.7 Å². The van der Waals surface area contributed by atoms with E-state index in [1.165, 1.54) is 12.3 Å². The molecule has 2 rings (SSSR count). The summed E-state index contributed by atoms with van der Waals surface area (Å²) in [6.45, 7) is 2.07. The molecular weight excluding hydrogens is 306 g/mol. The minimum absolute atomic E-state index is 0.192. The van der Waals surface area contributed by atoms with Gasteiger partial charge in [0.1, 0.15) is 11.8 Å². The van der Waals surface area contributed by atoms with Crippen LogP contribution in [0.15, 0.2) is 18.3 Å². The number of rotatable bonds is 7. The average molecular weight is 329 g/mol. The number of amides is 2. The van der Waals surface area contributed by atoms with Gasteiger partial charge in [0.15, 0.2) is 0 Å². The third-order valence-corrected chi connectivity index (χ3v) is 4.14. The van der Waals surface area contributed by atoms with Crippen LogP contribution in [0, 0.1) is 11.3 Å². The van der Waals surface area contributed by atoms with Crippen molar-refractivity contribution in [1.82, 2.24) is 20.1 Å². The lowest BCUT2D eigenvalue weighted by molar-refractivity contribution is -0.129. The van der Waals surface area contributed by atoms with Gasteiger partial charge < -0.3 is 15.1 Å². The van der Waals surface area contributed by atoms with Gasteiger partial charge in [-0.05, 0) is 39.1 Å². The highest BCUT2D eigenvalue weighted by atomic mass is 16.2. The molecule has 1 aliphatic rings. The zero-order chi connectivity index (χ0) is 17.5. The van der Waals surface area contributed by atoms with Gasteiger partial charge >= 0.3 is 0 Å². The molecule has 0 bridgehead atoms. The maximum Gasteiger partial charge on any atom is 0.252 e. The Morgan fingerprint density at radius 3 is 2.92 bits per heavy atom. The summed E-state index contributed by atoms with van der Waals surface area (Å²) in [4.78, 5) is 31.9. The number of hydrogen-bond acceptors (Lipinski definition) is 5. The van der Waals surface area contributed by atoms with Crippen LogP contribution in [0.2, 0.25) is 0 Å². The topological polar surface area (TPSA) is 89.3 Å². The monoisotopic (exact) mass is 329 g/mol. The van der Waals surface area contributed by atoms with Crippen molar-refractivity contribution >= 4 is 11.8 Å². The van der Waals surface area contributed by atoms with E-state index in [2.05, 4.69) is 15.2 Å². The first-order valence-corrected chi connectivity index (χ1v) is 8.10. The van der Waals surface area contributed by atoms with E-state index in [0.717, 1.165) is 25.9 Å². The minimum Gasteiger partial charge on any atom is -0.352 e. The molecular formula is C17H23N5O2. The van der Waals surface area contributed by atoms with E-state index in [9.17, 15) is 9.59 Å². The minimum atomic E-state index is -0.212. The summed E-state index contributed by atoms with van der Waals surface area (Å²) in [6, 6.07) is 5.22. The largest absolute Gasteiger partial charge is 0.352 e. The Kier molecular flexibility index (Phi) is 6.27. The number of nitriles is 1. The fourth-order valence-electron chi connectivity index (χ4n) is 2.76. The second-order valence-corrected chi connectivity index (χ2v) is 6.17. The van der Waals surface area contributed by atoms with Crippen molar-refractivity contribution in [1.29, 1.82) is 5.26 Å². The van der Waals surface area contributed by atoms with Gasteiger partial charge in [0, 0.05) is 38.3 Å². The molecule has 0 aliphatic carbocycles. The first-order chi connectivity index (χ1) is 11.5. The van der Waals surface area contributed by atoms with E-state index in [4.69, 9.17) is 5.26 Å². The average Bonchev–Trinajstić information content (AvgIpc) is 2.93. The Morgan fingerprint density at radius 2 is 2.29 bits per heavy atom. The van der Waals surface area contributed by atoms with Crippen LogP contribution in [-0.4, -0.2) is 66.4 Å². The maximum atomic E-state index is 12.1. The van der Waals surface area contributed by atoms with Crippen molar-refractivity contribution in [3.63, 3.8) is 0 Å². The van der Waals surface area contributed by atoms with Gasteiger partial charge in [-0.3, -0.25) is 9.59 Å². The zero-order valence-corrected chi connectivity index (χ0v) is 14.2. The summed E-state index contributed by atoms with van der Waals surface area (Å²) < 4.78 is 0. The quantitative estimate of drug-likeness (QED) is 0.792. The maximum absolute atomic E-state index is 12.1. The molecule has 1 aliphatic heterocycles. The van der Waals surface area contributed by atoms with E-state index in [1.54, 1.807) is 6.07 Å². The summed E-state index contributed by atoms with van der Waals surface area (Å²) in [5.41, 5.74) is 0.716.